The second-order valence-corrected chi connectivity index (χ2v) is 6.91. The first-order chi connectivity index (χ1) is 12.8. The molecule has 0 spiro atoms. The predicted octanol–water partition coefficient (Wildman–Crippen LogP) is 1.10. The van der Waals surface area contributed by atoms with Crippen LogP contribution in [0.4, 0.5) is 5.95 Å². The number of nitrogens with one attached hydrogen (secondary N) is 1. The van der Waals surface area contributed by atoms with Gasteiger partial charge in [-0.25, -0.2) is 9.97 Å². The molecule has 1 aromatic carbocycles. The largest absolute Gasteiger partial charge is 0.368 e. The Morgan fingerprint density at radius 3 is 2.70 bits per heavy atom. The van der Waals surface area contributed by atoms with Gasteiger partial charge in [-0.05, 0) is 43.5 Å². The topological polar surface area (TPSA) is 118 Å². The zero-order chi connectivity index (χ0) is 19.3. The number of imide groups is 1. The summed E-state index contributed by atoms with van der Waals surface area (Å²) in [6.07, 6.45) is 0.582. The molecule has 1 atom stereocenters. The highest BCUT2D eigenvalue weighted by atomic mass is 16.2. The van der Waals surface area contributed by atoms with E-state index >= 15 is 0 Å². The zero-order valence-electron chi connectivity index (χ0n) is 15.1. The van der Waals surface area contributed by atoms with Gasteiger partial charge in [0.05, 0.1) is 5.69 Å². The van der Waals surface area contributed by atoms with Crippen molar-refractivity contribution in [2.24, 2.45) is 0 Å². The number of carbonyl (C=O) groups excluding carboxylic acids is 3. The van der Waals surface area contributed by atoms with Crippen molar-refractivity contribution in [3.05, 3.63) is 40.6 Å². The lowest BCUT2D eigenvalue weighted by atomic mass is 10.0. The number of aryl methyl sites for hydroxylation is 1. The molecule has 8 heteroatoms. The van der Waals surface area contributed by atoms with Crippen LogP contribution in [-0.4, -0.2) is 38.6 Å². The quantitative estimate of drug-likeness (QED) is 0.770. The monoisotopic (exact) mass is 365 g/mol. The number of nitrogens with two attached hydrogens (primary N) is 1. The second kappa shape index (κ2) is 6.15. The van der Waals surface area contributed by atoms with Crippen LogP contribution in [0, 0.1) is 13.8 Å². The van der Waals surface area contributed by atoms with E-state index in [4.69, 9.17) is 5.73 Å². The van der Waals surface area contributed by atoms with Crippen molar-refractivity contribution >= 4 is 23.7 Å². The third-order valence-corrected chi connectivity index (χ3v) is 5.20. The minimum Gasteiger partial charge on any atom is -0.368 e. The Morgan fingerprint density at radius 2 is 1.96 bits per heavy atom. The number of anilines is 1. The van der Waals surface area contributed by atoms with Crippen LogP contribution in [-0.2, 0) is 16.1 Å². The van der Waals surface area contributed by atoms with Gasteiger partial charge in [0.25, 0.3) is 5.91 Å². The van der Waals surface area contributed by atoms with Gasteiger partial charge in [0.1, 0.15) is 6.04 Å². The van der Waals surface area contributed by atoms with Crippen LogP contribution >= 0.6 is 0 Å². The summed E-state index contributed by atoms with van der Waals surface area (Å²) in [7, 11) is 0. The molecular weight excluding hydrogens is 346 g/mol. The first kappa shape index (κ1) is 17.1. The molecule has 1 fully saturated rings. The lowest BCUT2D eigenvalue weighted by Crippen LogP contribution is -2.52. The Kier molecular flexibility index (Phi) is 3.91. The summed E-state index contributed by atoms with van der Waals surface area (Å²) in [5.74, 6) is -0.700. The number of nitrogen functional groups attached to an aromatic ring is 1. The summed E-state index contributed by atoms with van der Waals surface area (Å²) in [4.78, 5) is 46.3. The van der Waals surface area contributed by atoms with E-state index in [-0.39, 0.29) is 24.2 Å². The number of nitrogens with zero attached hydrogens (tertiary/aromatic N) is 3. The van der Waals surface area contributed by atoms with Gasteiger partial charge in [-0.15, -0.1) is 0 Å². The second-order valence-electron chi connectivity index (χ2n) is 6.91. The number of amides is 3. The van der Waals surface area contributed by atoms with Crippen molar-refractivity contribution in [1.29, 1.82) is 0 Å². The van der Waals surface area contributed by atoms with Gasteiger partial charge in [0.15, 0.2) is 0 Å². The standard InChI is InChI=1S/C19H19N5O3/c1-9-10(2)21-19(20)23-16(9)11-3-4-13-12(7-11)8-24(18(13)27)14-5-6-15(25)22-17(14)26/h3-4,7,14H,5-6,8H2,1-2H3,(H2,20,21,23)(H,22,25,26). The fraction of sp³-hybridized carbons (Fsp3) is 0.316. The molecule has 138 valence electrons. The average molecular weight is 365 g/mol. The first-order valence-corrected chi connectivity index (χ1v) is 8.74. The molecule has 0 saturated carbocycles. The Balaban J connectivity index is 1.67. The molecule has 27 heavy (non-hydrogen) atoms. The van der Waals surface area contributed by atoms with Gasteiger partial charge >= 0.3 is 0 Å². The Morgan fingerprint density at radius 1 is 1.19 bits per heavy atom. The molecule has 0 aliphatic carbocycles. The van der Waals surface area contributed by atoms with Gasteiger partial charge in [0.2, 0.25) is 17.8 Å². The van der Waals surface area contributed by atoms with Crippen molar-refractivity contribution in [1.82, 2.24) is 20.2 Å². The number of aromatic nitrogens is 2. The van der Waals surface area contributed by atoms with Crippen molar-refractivity contribution in [2.75, 3.05) is 5.73 Å². The zero-order valence-corrected chi connectivity index (χ0v) is 15.1. The lowest BCUT2D eigenvalue weighted by molar-refractivity contribution is -0.136. The van der Waals surface area contributed by atoms with E-state index in [1.165, 1.54) is 4.90 Å². The molecule has 4 rings (SSSR count). The summed E-state index contributed by atoms with van der Waals surface area (Å²) in [5, 5.41) is 2.31. The maximum atomic E-state index is 12.8. The SMILES string of the molecule is Cc1nc(N)nc(-c2ccc3c(c2)CN(C2CCC(=O)NC2=O)C3=O)c1C. The molecule has 1 saturated heterocycles. The third kappa shape index (κ3) is 2.83. The molecule has 0 bridgehead atoms. The Labute approximate surface area is 155 Å². The molecule has 8 nitrogen and oxygen atoms in total. The van der Waals surface area contributed by atoms with Gasteiger partial charge < -0.3 is 10.6 Å². The normalized spacial score (nSPS) is 19.3. The fourth-order valence-corrected chi connectivity index (χ4v) is 3.65. The predicted molar refractivity (Wildman–Crippen MR) is 97.4 cm³/mol. The number of fused-ring (bicyclic) bond motifs is 1. The van der Waals surface area contributed by atoms with Gasteiger partial charge in [-0.1, -0.05) is 6.07 Å². The van der Waals surface area contributed by atoms with Gasteiger partial charge in [-0.2, -0.15) is 0 Å². The molecule has 1 aromatic heterocycles. The number of hydrogen-bond acceptors (Lipinski definition) is 6. The Bertz CT molecular complexity index is 1000. The van der Waals surface area contributed by atoms with Crippen LogP contribution in [0.3, 0.4) is 0 Å². The molecular formula is C19H19N5O3. The minimum absolute atomic E-state index is 0.193. The van der Waals surface area contributed by atoms with E-state index in [0.717, 1.165) is 28.1 Å². The third-order valence-electron chi connectivity index (χ3n) is 5.20. The van der Waals surface area contributed by atoms with E-state index in [1.807, 2.05) is 26.0 Å². The summed E-state index contributed by atoms with van der Waals surface area (Å²) >= 11 is 0. The highest BCUT2D eigenvalue weighted by Gasteiger charge is 2.39. The number of carbonyl (C=O) groups is 3. The minimum atomic E-state index is -0.621. The van der Waals surface area contributed by atoms with Crippen molar-refractivity contribution in [3.63, 3.8) is 0 Å². The number of piperidine rings is 1. The highest BCUT2D eigenvalue weighted by molar-refractivity contribution is 6.05. The molecule has 3 amide bonds. The summed E-state index contributed by atoms with van der Waals surface area (Å²) < 4.78 is 0. The van der Waals surface area contributed by atoms with Crippen LogP contribution in [0.2, 0.25) is 0 Å². The van der Waals surface area contributed by atoms with Crippen LogP contribution in [0.1, 0.15) is 40.0 Å². The molecule has 0 radical (unpaired) electrons. The van der Waals surface area contributed by atoms with Crippen LogP contribution < -0.4 is 11.1 Å². The van der Waals surface area contributed by atoms with Gasteiger partial charge in [0, 0.05) is 29.8 Å². The molecule has 2 aromatic rings. The Hall–Kier alpha value is -3.29. The lowest BCUT2D eigenvalue weighted by Gasteiger charge is -2.29. The van der Waals surface area contributed by atoms with Crippen molar-refractivity contribution in [2.45, 2.75) is 39.3 Å². The van der Waals surface area contributed by atoms with Crippen LogP contribution in [0.25, 0.3) is 11.3 Å². The maximum Gasteiger partial charge on any atom is 0.255 e. The van der Waals surface area contributed by atoms with Crippen LogP contribution in [0.5, 0.6) is 0 Å². The van der Waals surface area contributed by atoms with Gasteiger partial charge in [-0.3, -0.25) is 19.7 Å². The summed E-state index contributed by atoms with van der Waals surface area (Å²) in [6.45, 7) is 4.13. The number of hydrogen-bond donors (Lipinski definition) is 2. The molecule has 2 aliphatic heterocycles. The molecule has 3 N–H and O–H groups in total. The summed E-state index contributed by atoms with van der Waals surface area (Å²) in [6, 6.07) is 4.88. The van der Waals surface area contributed by atoms with E-state index in [9.17, 15) is 14.4 Å². The van der Waals surface area contributed by atoms with Crippen molar-refractivity contribution in [3.8, 4) is 11.3 Å². The van der Waals surface area contributed by atoms with E-state index in [0.29, 0.717) is 18.5 Å². The van der Waals surface area contributed by atoms with Crippen molar-refractivity contribution < 1.29 is 14.4 Å². The maximum absolute atomic E-state index is 12.8. The molecule has 1 unspecified atom stereocenters. The average Bonchev–Trinajstić information content (AvgIpc) is 2.94. The van der Waals surface area contributed by atoms with E-state index < -0.39 is 11.9 Å². The molecule has 3 heterocycles. The first-order valence-electron chi connectivity index (χ1n) is 8.74. The number of benzene rings is 1. The number of rotatable bonds is 2. The van der Waals surface area contributed by atoms with E-state index in [1.54, 1.807) is 6.07 Å². The van der Waals surface area contributed by atoms with Crippen LogP contribution in [0.15, 0.2) is 18.2 Å². The fourth-order valence-electron chi connectivity index (χ4n) is 3.65. The molecule has 2 aliphatic rings. The summed E-state index contributed by atoms with van der Waals surface area (Å²) in [5.41, 5.74) is 10.5. The smallest absolute Gasteiger partial charge is 0.255 e. The van der Waals surface area contributed by atoms with E-state index in [2.05, 4.69) is 15.3 Å². The highest BCUT2D eigenvalue weighted by Crippen LogP contribution is 2.32.